The van der Waals surface area contributed by atoms with Crippen molar-refractivity contribution in [2.75, 3.05) is 0 Å². The molecule has 80 valence electrons. The van der Waals surface area contributed by atoms with E-state index in [-0.39, 0.29) is 6.04 Å². The molecule has 0 aliphatic heterocycles. The summed E-state index contributed by atoms with van der Waals surface area (Å²) in [6.07, 6.45) is 3.82. The van der Waals surface area contributed by atoms with Crippen LogP contribution in [-0.4, -0.2) is 15.0 Å². The Hall–Kier alpha value is -1.42. The fraction of sp³-hybridized carbons (Fsp3) is 0.455. The van der Waals surface area contributed by atoms with Crippen LogP contribution in [0.3, 0.4) is 0 Å². The summed E-state index contributed by atoms with van der Waals surface area (Å²) in [5, 5.41) is 0. The molecule has 0 aliphatic rings. The number of H-pyrrole nitrogens is 1. The van der Waals surface area contributed by atoms with Crippen LogP contribution in [0, 0.1) is 6.92 Å². The molecular formula is C11H16N4. The number of nitrogens with two attached hydrogens (primary N) is 1. The molecule has 15 heavy (non-hydrogen) atoms. The molecule has 1 atom stereocenters. The monoisotopic (exact) mass is 204 g/mol. The molecule has 0 spiro atoms. The average molecular weight is 204 g/mol. The molecule has 1 unspecified atom stereocenters. The van der Waals surface area contributed by atoms with Crippen molar-refractivity contribution < 1.29 is 0 Å². The third-order valence-corrected chi connectivity index (χ3v) is 2.44. The maximum Gasteiger partial charge on any atom is 0.177 e. The van der Waals surface area contributed by atoms with Gasteiger partial charge in [0.25, 0.3) is 0 Å². The lowest BCUT2D eigenvalue weighted by Gasteiger charge is -2.04. The second-order valence-electron chi connectivity index (χ2n) is 3.90. The van der Waals surface area contributed by atoms with Crippen molar-refractivity contribution in [2.24, 2.45) is 5.73 Å². The van der Waals surface area contributed by atoms with Gasteiger partial charge < -0.3 is 10.7 Å². The number of nitrogens with one attached hydrogen (secondary N) is 1. The Balaban J connectivity index is 2.38. The molecule has 0 radical (unpaired) electrons. The zero-order valence-electron chi connectivity index (χ0n) is 9.12. The Kier molecular flexibility index (Phi) is 2.68. The van der Waals surface area contributed by atoms with Crippen molar-refractivity contribution in [3.05, 3.63) is 23.7 Å². The second kappa shape index (κ2) is 3.98. The van der Waals surface area contributed by atoms with E-state index < -0.39 is 0 Å². The number of aromatic nitrogens is 3. The molecule has 0 saturated carbocycles. The third kappa shape index (κ3) is 1.99. The zero-order valence-corrected chi connectivity index (χ0v) is 9.12. The first-order valence-electron chi connectivity index (χ1n) is 5.28. The summed E-state index contributed by atoms with van der Waals surface area (Å²) in [6.45, 7) is 4.13. The van der Waals surface area contributed by atoms with Gasteiger partial charge in [-0.1, -0.05) is 13.3 Å². The first kappa shape index (κ1) is 10.1. The van der Waals surface area contributed by atoms with Crippen molar-refractivity contribution in [3.8, 4) is 0 Å². The van der Waals surface area contributed by atoms with Crippen molar-refractivity contribution in [1.82, 2.24) is 15.0 Å². The van der Waals surface area contributed by atoms with Crippen LogP contribution in [0.4, 0.5) is 0 Å². The highest BCUT2D eigenvalue weighted by molar-refractivity contribution is 5.71. The van der Waals surface area contributed by atoms with Gasteiger partial charge in [-0.05, 0) is 25.0 Å². The third-order valence-electron chi connectivity index (χ3n) is 2.44. The van der Waals surface area contributed by atoms with E-state index >= 15 is 0 Å². The lowest BCUT2D eigenvalue weighted by Crippen LogP contribution is -2.11. The van der Waals surface area contributed by atoms with E-state index in [1.807, 2.05) is 19.2 Å². The summed E-state index contributed by atoms with van der Waals surface area (Å²) in [4.78, 5) is 11.8. The van der Waals surface area contributed by atoms with Crippen LogP contribution in [0.1, 0.15) is 37.2 Å². The first-order valence-corrected chi connectivity index (χ1v) is 5.28. The molecule has 2 heterocycles. The lowest BCUT2D eigenvalue weighted by molar-refractivity contribution is 0.610. The number of imidazole rings is 1. The van der Waals surface area contributed by atoms with Gasteiger partial charge in [0.15, 0.2) is 5.65 Å². The largest absolute Gasteiger partial charge is 0.339 e. The minimum atomic E-state index is -0.00972. The summed E-state index contributed by atoms with van der Waals surface area (Å²) in [7, 11) is 0. The summed E-state index contributed by atoms with van der Waals surface area (Å²) in [5.74, 6) is 0.838. The number of rotatable bonds is 3. The molecule has 2 aromatic heterocycles. The van der Waals surface area contributed by atoms with E-state index in [9.17, 15) is 0 Å². The summed E-state index contributed by atoms with van der Waals surface area (Å²) in [6, 6.07) is 2.03. The Morgan fingerprint density at radius 2 is 2.33 bits per heavy atom. The van der Waals surface area contributed by atoms with Crippen molar-refractivity contribution >= 4 is 11.2 Å². The maximum absolute atomic E-state index is 5.99. The Bertz CT molecular complexity index is 461. The van der Waals surface area contributed by atoms with E-state index in [0.717, 1.165) is 35.4 Å². The molecule has 0 amide bonds. The molecular weight excluding hydrogens is 188 g/mol. The topological polar surface area (TPSA) is 67.6 Å². The zero-order chi connectivity index (χ0) is 10.8. The van der Waals surface area contributed by atoms with Crippen LogP contribution in [0.5, 0.6) is 0 Å². The normalized spacial score (nSPS) is 13.3. The van der Waals surface area contributed by atoms with Gasteiger partial charge in [-0.15, -0.1) is 0 Å². The Morgan fingerprint density at radius 1 is 1.53 bits per heavy atom. The van der Waals surface area contributed by atoms with Gasteiger partial charge in [0.1, 0.15) is 5.82 Å². The van der Waals surface area contributed by atoms with Crippen LogP contribution >= 0.6 is 0 Å². The number of aryl methyl sites for hydroxylation is 1. The summed E-state index contributed by atoms with van der Waals surface area (Å²) in [5.41, 5.74) is 8.83. The number of aromatic amines is 1. The number of nitrogens with zero attached hydrogens (tertiary/aromatic N) is 2. The molecule has 4 heteroatoms. The van der Waals surface area contributed by atoms with Crippen LogP contribution in [-0.2, 0) is 0 Å². The van der Waals surface area contributed by atoms with Gasteiger partial charge in [-0.2, -0.15) is 0 Å². The van der Waals surface area contributed by atoms with Crippen LogP contribution < -0.4 is 5.73 Å². The number of pyridine rings is 1. The summed E-state index contributed by atoms with van der Waals surface area (Å²) >= 11 is 0. The van der Waals surface area contributed by atoms with Crippen molar-refractivity contribution in [3.63, 3.8) is 0 Å². The molecule has 0 saturated heterocycles. The minimum Gasteiger partial charge on any atom is -0.339 e. The van der Waals surface area contributed by atoms with E-state index in [2.05, 4.69) is 21.9 Å². The van der Waals surface area contributed by atoms with Gasteiger partial charge in [0, 0.05) is 6.20 Å². The molecule has 0 aromatic carbocycles. The Morgan fingerprint density at radius 3 is 3.07 bits per heavy atom. The van der Waals surface area contributed by atoms with E-state index in [1.165, 1.54) is 0 Å². The predicted molar refractivity (Wildman–Crippen MR) is 60.5 cm³/mol. The molecule has 2 aromatic rings. The molecule has 0 bridgehead atoms. The Labute approximate surface area is 88.9 Å². The van der Waals surface area contributed by atoms with Gasteiger partial charge in [-0.25, -0.2) is 9.97 Å². The van der Waals surface area contributed by atoms with Gasteiger partial charge in [0.05, 0.1) is 11.6 Å². The van der Waals surface area contributed by atoms with Gasteiger partial charge in [0.2, 0.25) is 0 Å². The average Bonchev–Trinajstić information content (AvgIpc) is 2.60. The van der Waals surface area contributed by atoms with Crippen LogP contribution in [0.25, 0.3) is 11.2 Å². The van der Waals surface area contributed by atoms with Gasteiger partial charge >= 0.3 is 0 Å². The number of hydrogen-bond acceptors (Lipinski definition) is 3. The van der Waals surface area contributed by atoms with E-state index in [4.69, 9.17) is 5.73 Å². The molecule has 0 fully saturated rings. The first-order chi connectivity index (χ1) is 7.20. The van der Waals surface area contributed by atoms with Crippen molar-refractivity contribution in [1.29, 1.82) is 0 Å². The quantitative estimate of drug-likeness (QED) is 0.804. The molecule has 4 nitrogen and oxygen atoms in total. The predicted octanol–water partition coefficient (Wildman–Crippen LogP) is 2.07. The fourth-order valence-corrected chi connectivity index (χ4v) is 1.65. The number of fused-ring (bicyclic) bond motifs is 1. The highest BCUT2D eigenvalue weighted by Gasteiger charge is 2.10. The van der Waals surface area contributed by atoms with E-state index in [1.54, 1.807) is 0 Å². The minimum absolute atomic E-state index is 0.00972. The highest BCUT2D eigenvalue weighted by atomic mass is 15.0. The fourth-order valence-electron chi connectivity index (χ4n) is 1.65. The standard InChI is InChI=1S/C11H16N4/c1-3-4-8(12)10-14-9-5-7(2)6-13-11(9)15-10/h5-6,8H,3-4,12H2,1-2H3,(H,13,14,15). The summed E-state index contributed by atoms with van der Waals surface area (Å²) < 4.78 is 0. The molecule has 2 rings (SSSR count). The van der Waals surface area contributed by atoms with Crippen molar-refractivity contribution in [2.45, 2.75) is 32.7 Å². The van der Waals surface area contributed by atoms with Crippen LogP contribution in [0.2, 0.25) is 0 Å². The van der Waals surface area contributed by atoms with Crippen LogP contribution in [0.15, 0.2) is 12.3 Å². The molecule has 3 N–H and O–H groups in total. The lowest BCUT2D eigenvalue weighted by atomic mass is 10.2. The maximum atomic E-state index is 5.99. The highest BCUT2D eigenvalue weighted by Crippen LogP contribution is 2.16. The second-order valence-corrected chi connectivity index (χ2v) is 3.90. The van der Waals surface area contributed by atoms with E-state index in [0.29, 0.717) is 0 Å². The smallest absolute Gasteiger partial charge is 0.177 e. The SMILES string of the molecule is CCCC(N)c1nc2ncc(C)cc2[nH]1. The van der Waals surface area contributed by atoms with Gasteiger partial charge in [-0.3, -0.25) is 0 Å². The number of hydrogen-bond donors (Lipinski definition) is 2. The molecule has 0 aliphatic carbocycles.